The molecule has 0 radical (unpaired) electrons. The number of nitrogens with one attached hydrogen (secondary N) is 2. The first-order valence-electron chi connectivity index (χ1n) is 7.25. The van der Waals surface area contributed by atoms with E-state index in [0.29, 0.717) is 12.6 Å². The third-order valence-electron chi connectivity index (χ3n) is 3.99. The summed E-state index contributed by atoms with van der Waals surface area (Å²) >= 11 is 0. The van der Waals surface area contributed by atoms with Crippen molar-refractivity contribution in [2.45, 2.75) is 39.2 Å². The van der Waals surface area contributed by atoms with Gasteiger partial charge >= 0.3 is 0 Å². The summed E-state index contributed by atoms with van der Waals surface area (Å²) in [4.78, 5) is 11.9. The Kier molecular flexibility index (Phi) is 4.97. The highest BCUT2D eigenvalue weighted by Gasteiger charge is 2.22. The van der Waals surface area contributed by atoms with Crippen LogP contribution in [0.15, 0.2) is 24.3 Å². The molecule has 1 aliphatic carbocycles. The second kappa shape index (κ2) is 6.71. The van der Waals surface area contributed by atoms with Gasteiger partial charge in [-0.2, -0.15) is 0 Å². The van der Waals surface area contributed by atoms with E-state index < -0.39 is 0 Å². The van der Waals surface area contributed by atoms with Crippen LogP contribution in [-0.4, -0.2) is 25.0 Å². The minimum Gasteiger partial charge on any atom is -0.351 e. The van der Waals surface area contributed by atoms with Gasteiger partial charge in [-0.25, -0.2) is 0 Å². The molecule has 2 rings (SSSR count). The molecule has 1 amide bonds. The summed E-state index contributed by atoms with van der Waals surface area (Å²) in [5, 5.41) is 6.49. The van der Waals surface area contributed by atoms with Crippen LogP contribution in [0.4, 0.5) is 0 Å². The molecule has 0 spiro atoms. The topological polar surface area (TPSA) is 41.1 Å². The molecule has 1 aromatic rings. The van der Waals surface area contributed by atoms with E-state index in [-0.39, 0.29) is 5.91 Å². The van der Waals surface area contributed by atoms with Crippen molar-refractivity contribution in [2.24, 2.45) is 5.92 Å². The van der Waals surface area contributed by atoms with Gasteiger partial charge in [0.25, 0.3) is 5.91 Å². The maximum absolute atomic E-state index is 11.9. The first-order valence-corrected chi connectivity index (χ1v) is 7.25. The second-order valence-corrected chi connectivity index (χ2v) is 5.59. The van der Waals surface area contributed by atoms with Crippen LogP contribution < -0.4 is 10.6 Å². The monoisotopic (exact) mass is 260 g/mol. The van der Waals surface area contributed by atoms with Crippen LogP contribution in [0.25, 0.3) is 0 Å². The molecular weight excluding hydrogens is 236 g/mol. The van der Waals surface area contributed by atoms with Gasteiger partial charge in [0, 0.05) is 24.7 Å². The molecule has 1 aliphatic rings. The van der Waals surface area contributed by atoms with Crippen LogP contribution in [0.3, 0.4) is 0 Å². The van der Waals surface area contributed by atoms with Gasteiger partial charge in [-0.1, -0.05) is 31.0 Å². The van der Waals surface area contributed by atoms with Crippen LogP contribution in [0.2, 0.25) is 0 Å². The van der Waals surface area contributed by atoms with E-state index in [9.17, 15) is 4.79 Å². The Morgan fingerprint density at radius 2 is 1.95 bits per heavy atom. The molecular formula is C16H24N2O. The molecule has 3 nitrogen and oxygen atoms in total. The van der Waals surface area contributed by atoms with Crippen LogP contribution in [0.1, 0.15) is 42.1 Å². The zero-order valence-corrected chi connectivity index (χ0v) is 11.9. The highest BCUT2D eigenvalue weighted by molar-refractivity contribution is 5.94. The molecule has 0 saturated heterocycles. The van der Waals surface area contributed by atoms with Gasteiger partial charge in [0.15, 0.2) is 0 Å². The third-order valence-corrected chi connectivity index (χ3v) is 3.99. The SMILES string of the molecule is Cc1ccc(C(=O)NCCNC2CCCC2C)cc1. The van der Waals surface area contributed by atoms with E-state index in [1.807, 2.05) is 31.2 Å². The fraction of sp³-hybridized carbons (Fsp3) is 0.562. The molecule has 0 aromatic heterocycles. The highest BCUT2D eigenvalue weighted by atomic mass is 16.1. The Bertz CT molecular complexity index is 413. The summed E-state index contributed by atoms with van der Waals surface area (Å²) in [7, 11) is 0. The largest absolute Gasteiger partial charge is 0.351 e. The summed E-state index contributed by atoms with van der Waals surface area (Å²) in [6.45, 7) is 5.87. The van der Waals surface area contributed by atoms with Gasteiger partial charge < -0.3 is 10.6 Å². The van der Waals surface area contributed by atoms with Crippen molar-refractivity contribution >= 4 is 5.91 Å². The molecule has 2 unspecified atom stereocenters. The van der Waals surface area contributed by atoms with E-state index in [0.717, 1.165) is 18.0 Å². The molecule has 0 bridgehead atoms. The van der Waals surface area contributed by atoms with Crippen molar-refractivity contribution in [1.82, 2.24) is 10.6 Å². The van der Waals surface area contributed by atoms with Gasteiger partial charge in [-0.15, -0.1) is 0 Å². The highest BCUT2D eigenvalue weighted by Crippen LogP contribution is 2.24. The number of hydrogen-bond donors (Lipinski definition) is 2. The van der Waals surface area contributed by atoms with E-state index in [1.165, 1.54) is 24.8 Å². The van der Waals surface area contributed by atoms with Gasteiger partial charge in [0.2, 0.25) is 0 Å². The van der Waals surface area contributed by atoms with Crippen LogP contribution in [-0.2, 0) is 0 Å². The van der Waals surface area contributed by atoms with Crippen molar-refractivity contribution in [2.75, 3.05) is 13.1 Å². The lowest BCUT2D eigenvalue weighted by molar-refractivity contribution is 0.0953. The van der Waals surface area contributed by atoms with Crippen LogP contribution >= 0.6 is 0 Å². The van der Waals surface area contributed by atoms with Crippen LogP contribution in [0.5, 0.6) is 0 Å². The molecule has 0 aliphatic heterocycles. The Morgan fingerprint density at radius 1 is 1.21 bits per heavy atom. The molecule has 1 saturated carbocycles. The van der Waals surface area contributed by atoms with Crippen molar-refractivity contribution in [1.29, 1.82) is 0 Å². The van der Waals surface area contributed by atoms with E-state index in [1.54, 1.807) is 0 Å². The van der Waals surface area contributed by atoms with E-state index in [4.69, 9.17) is 0 Å². The number of rotatable bonds is 5. The first kappa shape index (κ1) is 14.1. The standard InChI is InChI=1S/C16H24N2O/c1-12-6-8-14(9-7-12)16(19)18-11-10-17-15-5-3-4-13(15)2/h6-9,13,15,17H,3-5,10-11H2,1-2H3,(H,18,19). The number of aryl methyl sites for hydroxylation is 1. The smallest absolute Gasteiger partial charge is 0.251 e. The third kappa shape index (κ3) is 4.06. The quantitative estimate of drug-likeness (QED) is 0.799. The van der Waals surface area contributed by atoms with Crippen molar-refractivity contribution in [3.63, 3.8) is 0 Å². The summed E-state index contributed by atoms with van der Waals surface area (Å²) < 4.78 is 0. The lowest BCUT2D eigenvalue weighted by Gasteiger charge is -2.17. The molecule has 1 fully saturated rings. The number of carbonyl (C=O) groups is 1. The Hall–Kier alpha value is -1.35. The number of benzene rings is 1. The lowest BCUT2D eigenvalue weighted by Crippen LogP contribution is -2.38. The molecule has 1 aromatic carbocycles. The molecule has 2 atom stereocenters. The average molecular weight is 260 g/mol. The molecule has 104 valence electrons. The fourth-order valence-electron chi connectivity index (χ4n) is 2.69. The minimum atomic E-state index is 0.0151. The molecule has 3 heteroatoms. The minimum absolute atomic E-state index is 0.0151. The molecule has 0 heterocycles. The van der Waals surface area contributed by atoms with Gasteiger partial charge in [-0.3, -0.25) is 4.79 Å². The van der Waals surface area contributed by atoms with E-state index in [2.05, 4.69) is 17.6 Å². The maximum atomic E-state index is 11.9. The maximum Gasteiger partial charge on any atom is 0.251 e. The second-order valence-electron chi connectivity index (χ2n) is 5.59. The summed E-state index contributed by atoms with van der Waals surface area (Å²) in [5.74, 6) is 0.786. The van der Waals surface area contributed by atoms with Gasteiger partial charge in [0.1, 0.15) is 0 Å². The summed E-state index contributed by atoms with van der Waals surface area (Å²) in [6.07, 6.45) is 3.93. The fourth-order valence-corrected chi connectivity index (χ4v) is 2.69. The van der Waals surface area contributed by atoms with Crippen molar-refractivity contribution in [3.8, 4) is 0 Å². The lowest BCUT2D eigenvalue weighted by atomic mass is 10.1. The number of amides is 1. The first-order chi connectivity index (χ1) is 9.16. The van der Waals surface area contributed by atoms with Gasteiger partial charge in [0.05, 0.1) is 0 Å². The van der Waals surface area contributed by atoms with Gasteiger partial charge in [-0.05, 0) is 37.8 Å². The Labute approximate surface area is 115 Å². The van der Waals surface area contributed by atoms with E-state index >= 15 is 0 Å². The Balaban J connectivity index is 1.68. The number of hydrogen-bond acceptors (Lipinski definition) is 2. The van der Waals surface area contributed by atoms with Crippen LogP contribution in [0, 0.1) is 12.8 Å². The molecule has 19 heavy (non-hydrogen) atoms. The van der Waals surface area contributed by atoms with Crippen molar-refractivity contribution < 1.29 is 4.79 Å². The zero-order chi connectivity index (χ0) is 13.7. The average Bonchev–Trinajstić information content (AvgIpc) is 2.81. The Morgan fingerprint density at radius 3 is 2.58 bits per heavy atom. The predicted octanol–water partition coefficient (Wildman–Crippen LogP) is 2.50. The summed E-state index contributed by atoms with van der Waals surface area (Å²) in [6, 6.07) is 8.31. The summed E-state index contributed by atoms with van der Waals surface area (Å²) in [5.41, 5.74) is 1.91. The zero-order valence-electron chi connectivity index (χ0n) is 11.9. The number of carbonyl (C=O) groups excluding carboxylic acids is 1. The van der Waals surface area contributed by atoms with Crippen molar-refractivity contribution in [3.05, 3.63) is 35.4 Å². The molecule has 2 N–H and O–H groups in total. The normalized spacial score (nSPS) is 22.4. The predicted molar refractivity (Wildman–Crippen MR) is 78.3 cm³/mol.